The Bertz CT molecular complexity index is 505. The molecule has 0 aliphatic heterocycles. The molecule has 0 radical (unpaired) electrons. The van der Waals surface area contributed by atoms with Crippen molar-refractivity contribution in [3.8, 4) is 0 Å². The van der Waals surface area contributed by atoms with Crippen LogP contribution in [0.5, 0.6) is 0 Å². The molecule has 22 heavy (non-hydrogen) atoms. The molecule has 0 aliphatic carbocycles. The fraction of sp³-hybridized carbons (Fsp3) is 0.600. The number of amides is 1. The lowest BCUT2D eigenvalue weighted by Crippen LogP contribution is -2.45. The van der Waals surface area contributed by atoms with Gasteiger partial charge in [0.1, 0.15) is 6.04 Å². The molecule has 0 aliphatic rings. The van der Waals surface area contributed by atoms with Crippen LogP contribution < -0.4 is 5.32 Å². The van der Waals surface area contributed by atoms with Gasteiger partial charge in [0.25, 0.3) is 0 Å². The second-order valence-corrected chi connectivity index (χ2v) is 7.45. The van der Waals surface area contributed by atoms with E-state index in [0.717, 1.165) is 9.21 Å². The van der Waals surface area contributed by atoms with E-state index in [1.165, 1.54) is 18.4 Å². The fourth-order valence-corrected chi connectivity index (χ4v) is 3.24. The largest absolute Gasteiger partial charge is 0.467 e. The van der Waals surface area contributed by atoms with E-state index in [4.69, 9.17) is 16.3 Å². The molecule has 1 atom stereocenters. The van der Waals surface area contributed by atoms with E-state index in [0.29, 0.717) is 13.0 Å². The highest BCUT2D eigenvalue weighted by Gasteiger charge is 2.23. The van der Waals surface area contributed by atoms with Crippen LogP contribution in [0.2, 0.25) is 4.34 Å². The Morgan fingerprint density at radius 2 is 2.09 bits per heavy atom. The number of nitrogens with zero attached hydrogens (tertiary/aromatic N) is 1. The average molecular weight is 347 g/mol. The first kappa shape index (κ1) is 18.9. The molecule has 1 amide bonds. The van der Waals surface area contributed by atoms with Crippen molar-refractivity contribution in [2.45, 2.75) is 32.9 Å². The number of nitrogens with one attached hydrogen (secondary N) is 1. The van der Waals surface area contributed by atoms with Gasteiger partial charge >= 0.3 is 5.97 Å². The third kappa shape index (κ3) is 6.77. The van der Waals surface area contributed by atoms with Gasteiger partial charge < -0.3 is 10.1 Å². The van der Waals surface area contributed by atoms with Gasteiger partial charge in [0, 0.05) is 11.4 Å². The number of hydrogen-bond acceptors (Lipinski definition) is 5. The van der Waals surface area contributed by atoms with Crippen LogP contribution in [-0.4, -0.2) is 43.5 Å². The molecule has 1 heterocycles. The zero-order valence-electron chi connectivity index (χ0n) is 13.4. The Kier molecular flexibility index (Phi) is 7.85. The Balaban J connectivity index is 2.49. The normalized spacial score (nSPS) is 12.5. The third-order valence-corrected chi connectivity index (χ3v) is 4.21. The van der Waals surface area contributed by atoms with Gasteiger partial charge in [-0.15, -0.1) is 11.3 Å². The number of likely N-dealkylation sites (N-methyl/N-ethyl adjacent to an activating group) is 1. The summed E-state index contributed by atoms with van der Waals surface area (Å²) in [5.41, 5.74) is 0. The van der Waals surface area contributed by atoms with E-state index in [1.54, 1.807) is 0 Å². The van der Waals surface area contributed by atoms with Crippen molar-refractivity contribution in [2.24, 2.45) is 5.92 Å². The average Bonchev–Trinajstić information content (AvgIpc) is 2.81. The Morgan fingerprint density at radius 3 is 2.59 bits per heavy atom. The van der Waals surface area contributed by atoms with Gasteiger partial charge in [-0.3, -0.25) is 9.69 Å². The molecular formula is C15H23ClN2O3S. The Labute approximate surface area is 140 Å². The van der Waals surface area contributed by atoms with Crippen molar-refractivity contribution in [2.75, 3.05) is 20.7 Å². The van der Waals surface area contributed by atoms with Crippen LogP contribution >= 0.6 is 22.9 Å². The first-order valence-corrected chi connectivity index (χ1v) is 8.31. The molecule has 0 saturated heterocycles. The number of hydrogen-bond donors (Lipinski definition) is 1. The first-order valence-electron chi connectivity index (χ1n) is 7.11. The second kappa shape index (κ2) is 9.12. The van der Waals surface area contributed by atoms with Crippen molar-refractivity contribution in [3.05, 3.63) is 21.3 Å². The van der Waals surface area contributed by atoms with Crippen LogP contribution in [0, 0.1) is 5.92 Å². The Hall–Kier alpha value is -1.11. The van der Waals surface area contributed by atoms with Gasteiger partial charge in [-0.2, -0.15) is 0 Å². The number of esters is 1. The molecular weight excluding hydrogens is 324 g/mol. The molecule has 1 aromatic rings. The molecule has 1 rings (SSSR count). The molecule has 1 aromatic heterocycles. The minimum Gasteiger partial charge on any atom is -0.467 e. The van der Waals surface area contributed by atoms with Crippen LogP contribution in [0.3, 0.4) is 0 Å². The lowest BCUT2D eigenvalue weighted by Gasteiger charge is -2.20. The van der Waals surface area contributed by atoms with Crippen LogP contribution in [0.25, 0.3) is 0 Å². The predicted octanol–water partition coefficient (Wildman–Crippen LogP) is 2.54. The summed E-state index contributed by atoms with van der Waals surface area (Å²) in [5, 5.41) is 2.74. The van der Waals surface area contributed by atoms with Gasteiger partial charge in [-0.25, -0.2) is 4.79 Å². The van der Waals surface area contributed by atoms with Crippen molar-refractivity contribution < 1.29 is 14.3 Å². The highest BCUT2D eigenvalue weighted by atomic mass is 35.5. The number of methoxy groups -OCH3 is 1. The van der Waals surface area contributed by atoms with E-state index in [9.17, 15) is 9.59 Å². The van der Waals surface area contributed by atoms with E-state index < -0.39 is 12.0 Å². The summed E-state index contributed by atoms with van der Waals surface area (Å²) in [6.45, 7) is 4.84. The summed E-state index contributed by atoms with van der Waals surface area (Å²) in [6.07, 6.45) is 0.558. The fourth-order valence-electron chi connectivity index (χ4n) is 2.07. The Morgan fingerprint density at radius 1 is 1.41 bits per heavy atom. The smallest absolute Gasteiger partial charge is 0.328 e. The molecule has 1 N–H and O–H groups in total. The highest BCUT2D eigenvalue weighted by molar-refractivity contribution is 7.16. The number of carbonyl (C=O) groups excluding carboxylic acids is 2. The first-order chi connectivity index (χ1) is 10.3. The molecule has 0 bridgehead atoms. The zero-order chi connectivity index (χ0) is 16.7. The molecule has 0 spiro atoms. The minimum atomic E-state index is -0.595. The maximum atomic E-state index is 12.1. The molecule has 0 fully saturated rings. The highest BCUT2D eigenvalue weighted by Crippen LogP contribution is 2.22. The monoisotopic (exact) mass is 346 g/mol. The summed E-state index contributed by atoms with van der Waals surface area (Å²) >= 11 is 7.38. The van der Waals surface area contributed by atoms with E-state index >= 15 is 0 Å². The van der Waals surface area contributed by atoms with Crippen molar-refractivity contribution in [1.29, 1.82) is 0 Å². The van der Waals surface area contributed by atoms with Crippen LogP contribution in [0.1, 0.15) is 25.1 Å². The van der Waals surface area contributed by atoms with Gasteiger partial charge in [0.05, 0.1) is 18.0 Å². The van der Waals surface area contributed by atoms with Gasteiger partial charge in [0.2, 0.25) is 5.91 Å². The SMILES string of the molecule is COC(=O)C(CC(C)C)NC(=O)CN(C)Cc1ccc(Cl)s1. The second-order valence-electron chi connectivity index (χ2n) is 5.65. The van der Waals surface area contributed by atoms with Gasteiger partial charge in [0.15, 0.2) is 0 Å². The quantitative estimate of drug-likeness (QED) is 0.735. The van der Waals surface area contributed by atoms with Crippen molar-refractivity contribution in [3.63, 3.8) is 0 Å². The number of rotatable bonds is 8. The molecule has 124 valence electrons. The van der Waals surface area contributed by atoms with Crippen LogP contribution in [0.4, 0.5) is 0 Å². The minimum absolute atomic E-state index is 0.193. The molecule has 5 nitrogen and oxygen atoms in total. The molecule has 1 unspecified atom stereocenters. The maximum absolute atomic E-state index is 12.1. The topological polar surface area (TPSA) is 58.6 Å². The van der Waals surface area contributed by atoms with Crippen molar-refractivity contribution in [1.82, 2.24) is 10.2 Å². The number of carbonyl (C=O) groups is 2. The van der Waals surface area contributed by atoms with Gasteiger partial charge in [-0.1, -0.05) is 25.4 Å². The summed E-state index contributed by atoms with van der Waals surface area (Å²) < 4.78 is 5.47. The zero-order valence-corrected chi connectivity index (χ0v) is 15.0. The number of halogens is 1. The standard InChI is InChI=1S/C15H23ClN2O3S/c1-10(2)7-12(15(20)21-4)17-14(19)9-18(3)8-11-5-6-13(16)22-11/h5-6,10,12H,7-9H2,1-4H3,(H,17,19). The maximum Gasteiger partial charge on any atom is 0.328 e. The lowest BCUT2D eigenvalue weighted by molar-refractivity contribution is -0.145. The van der Waals surface area contributed by atoms with E-state index in [1.807, 2.05) is 37.9 Å². The lowest BCUT2D eigenvalue weighted by atomic mass is 10.0. The summed E-state index contributed by atoms with van der Waals surface area (Å²) in [4.78, 5) is 26.7. The van der Waals surface area contributed by atoms with E-state index in [2.05, 4.69) is 5.32 Å². The summed E-state index contributed by atoms with van der Waals surface area (Å²) in [5.74, 6) is -0.314. The molecule has 0 saturated carbocycles. The van der Waals surface area contributed by atoms with Crippen molar-refractivity contribution >= 4 is 34.8 Å². The number of ether oxygens (including phenoxy) is 1. The summed E-state index contributed by atoms with van der Waals surface area (Å²) in [6, 6.07) is 3.19. The third-order valence-electron chi connectivity index (χ3n) is 3.00. The predicted molar refractivity (Wildman–Crippen MR) is 89.1 cm³/mol. The molecule has 7 heteroatoms. The van der Waals surface area contributed by atoms with E-state index in [-0.39, 0.29) is 18.4 Å². The van der Waals surface area contributed by atoms with Crippen LogP contribution in [0.15, 0.2) is 12.1 Å². The molecule has 0 aromatic carbocycles. The summed E-state index contributed by atoms with van der Waals surface area (Å²) in [7, 11) is 3.18. The van der Waals surface area contributed by atoms with Crippen LogP contribution in [-0.2, 0) is 20.9 Å². The number of thiophene rings is 1. The van der Waals surface area contributed by atoms with Gasteiger partial charge in [-0.05, 0) is 31.5 Å².